The van der Waals surface area contributed by atoms with Crippen LogP contribution in [-0.4, -0.2) is 21.1 Å². The first-order valence-corrected chi connectivity index (χ1v) is 6.70. The Bertz CT molecular complexity index is 797. The lowest BCUT2D eigenvalue weighted by Crippen LogP contribution is -2.29. The molecule has 1 aliphatic rings. The topological polar surface area (TPSA) is 145 Å². The van der Waals surface area contributed by atoms with Gasteiger partial charge in [0.05, 0.1) is 21.2 Å². The maximum atomic E-state index is 11.5. The molecule has 0 saturated heterocycles. The summed E-state index contributed by atoms with van der Waals surface area (Å²) in [6, 6.07) is 5.21. The van der Waals surface area contributed by atoms with Crippen LogP contribution in [0, 0.1) is 20.2 Å². The summed E-state index contributed by atoms with van der Waals surface area (Å²) in [6.07, 6.45) is -1.64. The molecule has 2 rings (SSSR count). The van der Waals surface area contributed by atoms with Gasteiger partial charge in [-0.2, -0.15) is 0 Å². The largest absolute Gasteiger partial charge is 0.511 e. The van der Waals surface area contributed by atoms with Crippen LogP contribution < -0.4 is 5.32 Å². The minimum Gasteiger partial charge on any atom is -0.449 e. The molecule has 10 nitrogen and oxygen atoms in total. The standard InChI is InChI=1S/C14H13N3O7/c1-7-12(17(22)23)11(13(8(2)15-7)24-14(18)19)9-4-3-5-10(6-9)16(20)21/h3-6,11,15H,1-2H3,(H,18,19). The average Bonchev–Trinajstić information content (AvgIpc) is 2.48. The van der Waals surface area contributed by atoms with Gasteiger partial charge < -0.3 is 15.2 Å². The van der Waals surface area contributed by atoms with E-state index in [2.05, 4.69) is 5.32 Å². The molecule has 126 valence electrons. The molecule has 0 fully saturated rings. The number of nitro benzene ring substituents is 1. The molecule has 0 amide bonds. The van der Waals surface area contributed by atoms with E-state index in [4.69, 9.17) is 9.84 Å². The van der Waals surface area contributed by atoms with Gasteiger partial charge in [-0.3, -0.25) is 20.2 Å². The summed E-state index contributed by atoms with van der Waals surface area (Å²) in [5.41, 5.74) is 0.0622. The second-order valence-corrected chi connectivity index (χ2v) is 5.03. The number of benzene rings is 1. The number of nitrogens with one attached hydrogen (secondary N) is 1. The number of rotatable bonds is 4. The molecule has 1 atom stereocenters. The molecule has 1 aromatic rings. The van der Waals surface area contributed by atoms with E-state index in [-0.39, 0.29) is 34.1 Å². The number of carboxylic acid groups (broad SMARTS) is 1. The number of ether oxygens (including phenoxy) is 1. The molecule has 0 aliphatic carbocycles. The molecule has 0 aromatic heterocycles. The molecular weight excluding hydrogens is 322 g/mol. The summed E-state index contributed by atoms with van der Waals surface area (Å²) in [5, 5.41) is 34.0. The van der Waals surface area contributed by atoms with Gasteiger partial charge in [0.1, 0.15) is 11.7 Å². The van der Waals surface area contributed by atoms with Crippen LogP contribution in [0.2, 0.25) is 0 Å². The van der Waals surface area contributed by atoms with Crippen LogP contribution in [0.15, 0.2) is 47.1 Å². The van der Waals surface area contributed by atoms with E-state index in [1.54, 1.807) is 0 Å². The van der Waals surface area contributed by atoms with Gasteiger partial charge in [0.2, 0.25) is 0 Å². The highest BCUT2D eigenvalue weighted by Crippen LogP contribution is 2.39. The molecule has 1 unspecified atom stereocenters. The molecule has 1 aromatic carbocycles. The molecule has 24 heavy (non-hydrogen) atoms. The van der Waals surface area contributed by atoms with E-state index in [1.807, 2.05) is 0 Å². The Balaban J connectivity index is 2.67. The van der Waals surface area contributed by atoms with Gasteiger partial charge in [-0.1, -0.05) is 12.1 Å². The van der Waals surface area contributed by atoms with Crippen LogP contribution in [0.25, 0.3) is 0 Å². The molecular formula is C14H13N3O7. The number of nitrogens with zero attached hydrogens (tertiary/aromatic N) is 2. The summed E-state index contributed by atoms with van der Waals surface area (Å²) in [7, 11) is 0. The second kappa shape index (κ2) is 6.36. The van der Waals surface area contributed by atoms with E-state index < -0.39 is 21.9 Å². The molecule has 0 radical (unpaired) electrons. The van der Waals surface area contributed by atoms with Gasteiger partial charge in [-0.15, -0.1) is 0 Å². The molecule has 10 heteroatoms. The Labute approximate surface area is 135 Å². The monoisotopic (exact) mass is 335 g/mol. The number of nitro groups is 2. The Morgan fingerprint density at radius 3 is 2.42 bits per heavy atom. The molecule has 1 aliphatic heterocycles. The number of non-ortho nitro benzene ring substituents is 1. The first-order chi connectivity index (χ1) is 11.2. The maximum Gasteiger partial charge on any atom is 0.511 e. The first kappa shape index (κ1) is 16.9. The lowest BCUT2D eigenvalue weighted by Gasteiger charge is -2.25. The second-order valence-electron chi connectivity index (χ2n) is 5.03. The Morgan fingerprint density at radius 1 is 1.21 bits per heavy atom. The Hall–Kier alpha value is -3.43. The third kappa shape index (κ3) is 3.16. The van der Waals surface area contributed by atoms with Crippen LogP contribution in [0.5, 0.6) is 0 Å². The van der Waals surface area contributed by atoms with Crippen molar-refractivity contribution in [3.8, 4) is 0 Å². The van der Waals surface area contributed by atoms with E-state index in [1.165, 1.54) is 32.0 Å². The van der Waals surface area contributed by atoms with Gasteiger partial charge >= 0.3 is 6.16 Å². The lowest BCUT2D eigenvalue weighted by atomic mass is 9.89. The molecule has 0 saturated carbocycles. The van der Waals surface area contributed by atoms with Crippen LogP contribution in [0.3, 0.4) is 0 Å². The van der Waals surface area contributed by atoms with Gasteiger partial charge in [0.25, 0.3) is 11.4 Å². The number of dihydropyridines is 1. The van der Waals surface area contributed by atoms with E-state index in [0.29, 0.717) is 0 Å². The van der Waals surface area contributed by atoms with Crippen molar-refractivity contribution in [3.05, 3.63) is 72.9 Å². The van der Waals surface area contributed by atoms with Gasteiger partial charge in [0.15, 0.2) is 0 Å². The summed E-state index contributed by atoms with van der Waals surface area (Å²) < 4.78 is 4.72. The van der Waals surface area contributed by atoms with Gasteiger partial charge in [-0.25, -0.2) is 4.79 Å². The summed E-state index contributed by atoms with van der Waals surface area (Å²) in [4.78, 5) is 32.0. The van der Waals surface area contributed by atoms with Crippen molar-refractivity contribution in [1.82, 2.24) is 5.32 Å². The summed E-state index contributed by atoms with van der Waals surface area (Å²) in [5.74, 6) is -1.38. The zero-order valence-corrected chi connectivity index (χ0v) is 12.7. The lowest BCUT2D eigenvalue weighted by molar-refractivity contribution is -0.431. The summed E-state index contributed by atoms with van der Waals surface area (Å²) >= 11 is 0. The fourth-order valence-corrected chi connectivity index (χ4v) is 2.56. The quantitative estimate of drug-likeness (QED) is 0.485. The molecule has 0 spiro atoms. The third-order valence-corrected chi connectivity index (χ3v) is 3.47. The van der Waals surface area contributed by atoms with E-state index in [9.17, 15) is 25.0 Å². The highest BCUT2D eigenvalue weighted by Gasteiger charge is 2.40. The fraction of sp³-hybridized carbons (Fsp3) is 0.214. The number of hydrogen-bond acceptors (Lipinski definition) is 7. The third-order valence-electron chi connectivity index (χ3n) is 3.47. The molecule has 2 N–H and O–H groups in total. The highest BCUT2D eigenvalue weighted by atomic mass is 16.7. The van der Waals surface area contributed by atoms with Crippen LogP contribution in [0.1, 0.15) is 25.3 Å². The minimum atomic E-state index is -1.64. The smallest absolute Gasteiger partial charge is 0.449 e. The highest BCUT2D eigenvalue weighted by molar-refractivity contribution is 5.60. The van der Waals surface area contributed by atoms with Crippen molar-refractivity contribution < 1.29 is 24.5 Å². The zero-order chi connectivity index (χ0) is 18.0. The van der Waals surface area contributed by atoms with Crippen molar-refractivity contribution in [3.63, 3.8) is 0 Å². The minimum absolute atomic E-state index is 0.187. The van der Waals surface area contributed by atoms with Crippen LogP contribution >= 0.6 is 0 Å². The van der Waals surface area contributed by atoms with E-state index in [0.717, 1.165) is 6.07 Å². The average molecular weight is 335 g/mol. The van der Waals surface area contributed by atoms with Crippen molar-refractivity contribution in [2.45, 2.75) is 19.8 Å². The van der Waals surface area contributed by atoms with Gasteiger partial charge in [0, 0.05) is 12.1 Å². The SMILES string of the molecule is CC1=C(OC(=O)O)C(c2cccc([N+](=O)[O-])c2)C([N+](=O)[O-])=C(C)N1. The number of hydrogen-bond donors (Lipinski definition) is 2. The van der Waals surface area contributed by atoms with Crippen molar-refractivity contribution in [2.24, 2.45) is 0 Å². The van der Waals surface area contributed by atoms with Crippen LogP contribution in [0.4, 0.5) is 10.5 Å². The fourth-order valence-electron chi connectivity index (χ4n) is 2.56. The predicted octanol–water partition coefficient (Wildman–Crippen LogP) is 2.72. The normalized spacial score (nSPS) is 17.3. The van der Waals surface area contributed by atoms with Crippen LogP contribution in [-0.2, 0) is 4.74 Å². The number of carbonyl (C=O) groups is 1. The van der Waals surface area contributed by atoms with Crippen molar-refractivity contribution in [1.29, 1.82) is 0 Å². The van der Waals surface area contributed by atoms with E-state index >= 15 is 0 Å². The zero-order valence-electron chi connectivity index (χ0n) is 12.7. The van der Waals surface area contributed by atoms with Crippen molar-refractivity contribution >= 4 is 11.8 Å². The molecule has 1 heterocycles. The number of allylic oxidation sites excluding steroid dienone is 2. The first-order valence-electron chi connectivity index (χ1n) is 6.70. The Kier molecular flexibility index (Phi) is 4.49. The van der Waals surface area contributed by atoms with Gasteiger partial charge in [-0.05, 0) is 19.4 Å². The maximum absolute atomic E-state index is 11.5. The Morgan fingerprint density at radius 2 is 1.88 bits per heavy atom. The molecule has 0 bridgehead atoms. The summed E-state index contributed by atoms with van der Waals surface area (Å²) in [6.45, 7) is 2.96. The van der Waals surface area contributed by atoms with Crippen molar-refractivity contribution in [2.75, 3.05) is 0 Å². The predicted molar refractivity (Wildman–Crippen MR) is 80.5 cm³/mol.